The number of methoxy groups -OCH3 is 1. The van der Waals surface area contributed by atoms with E-state index >= 15 is 0 Å². The first-order valence-corrected chi connectivity index (χ1v) is 4.97. The van der Waals surface area contributed by atoms with Gasteiger partial charge in [-0.1, -0.05) is 13.8 Å². The topological polar surface area (TPSA) is 66.8 Å². The number of carbonyl (C=O) groups is 1. The van der Waals surface area contributed by atoms with Gasteiger partial charge in [-0.05, 0) is 19.3 Å². The summed E-state index contributed by atoms with van der Waals surface area (Å²) >= 11 is 0. The van der Waals surface area contributed by atoms with E-state index in [1.54, 1.807) is 7.11 Å². The largest absolute Gasteiger partial charge is 0.481 e. The summed E-state index contributed by atoms with van der Waals surface area (Å²) < 4.78 is 4.63. The number of hydrogen-bond donors (Lipinski definition) is 2. The predicted molar refractivity (Wildman–Crippen MR) is 55.3 cm³/mol. The first kappa shape index (κ1) is 15.8. The third-order valence-electron chi connectivity index (χ3n) is 1.68. The van der Waals surface area contributed by atoms with Gasteiger partial charge in [0.1, 0.15) is 0 Å². The van der Waals surface area contributed by atoms with Crippen molar-refractivity contribution in [2.24, 2.45) is 0 Å². The van der Waals surface area contributed by atoms with Gasteiger partial charge in [-0.15, -0.1) is 0 Å². The fourth-order valence-electron chi connectivity index (χ4n) is 0.656. The minimum Gasteiger partial charge on any atom is -0.481 e. The van der Waals surface area contributed by atoms with Crippen LogP contribution in [0.15, 0.2) is 0 Å². The summed E-state index contributed by atoms with van der Waals surface area (Å²) in [4.78, 5) is 9.82. The molecule has 0 aromatic heterocycles. The number of hydrogen-bond acceptors (Lipinski definition) is 3. The van der Waals surface area contributed by atoms with Crippen molar-refractivity contribution in [3.05, 3.63) is 0 Å². The van der Waals surface area contributed by atoms with Gasteiger partial charge in [0.05, 0.1) is 6.10 Å². The van der Waals surface area contributed by atoms with Gasteiger partial charge in [0.15, 0.2) is 0 Å². The smallest absolute Gasteiger partial charge is 0.303 e. The number of aliphatic carboxylic acids is 1. The monoisotopic (exact) mass is 206 g/mol. The van der Waals surface area contributed by atoms with E-state index in [1.807, 2.05) is 13.8 Å². The lowest BCUT2D eigenvalue weighted by Crippen LogP contribution is -1.99. The molecule has 0 amide bonds. The second kappa shape index (κ2) is 12.4. The highest BCUT2D eigenvalue weighted by Gasteiger charge is 1.93. The zero-order valence-electron chi connectivity index (χ0n) is 9.32. The van der Waals surface area contributed by atoms with Gasteiger partial charge in [0, 0.05) is 20.1 Å². The molecule has 0 unspecified atom stereocenters. The Morgan fingerprint density at radius 2 is 1.86 bits per heavy atom. The van der Waals surface area contributed by atoms with Crippen LogP contribution in [0.25, 0.3) is 0 Å². The van der Waals surface area contributed by atoms with Crippen LogP contribution in [-0.2, 0) is 9.53 Å². The van der Waals surface area contributed by atoms with Gasteiger partial charge in [0.25, 0.3) is 0 Å². The molecule has 0 radical (unpaired) electrons. The van der Waals surface area contributed by atoms with Gasteiger partial charge in [-0.25, -0.2) is 0 Å². The van der Waals surface area contributed by atoms with Crippen molar-refractivity contribution in [1.82, 2.24) is 0 Å². The summed E-state index contributed by atoms with van der Waals surface area (Å²) in [5, 5.41) is 16.8. The lowest BCUT2D eigenvalue weighted by atomic mass is 10.2. The molecule has 0 fully saturated rings. The Morgan fingerprint density at radius 1 is 1.36 bits per heavy atom. The maximum absolute atomic E-state index is 9.82. The Balaban J connectivity index is 0. The number of carboxylic acid groups (broad SMARTS) is 1. The maximum atomic E-state index is 9.82. The van der Waals surface area contributed by atoms with E-state index in [-0.39, 0.29) is 12.5 Å². The molecule has 0 atom stereocenters. The van der Waals surface area contributed by atoms with Crippen LogP contribution in [-0.4, -0.2) is 36.0 Å². The molecular weight excluding hydrogens is 184 g/mol. The van der Waals surface area contributed by atoms with Crippen LogP contribution in [0.4, 0.5) is 0 Å². The van der Waals surface area contributed by atoms with Crippen LogP contribution in [0.3, 0.4) is 0 Å². The number of aliphatic hydroxyl groups is 1. The quantitative estimate of drug-likeness (QED) is 0.649. The van der Waals surface area contributed by atoms with Crippen molar-refractivity contribution in [2.45, 2.75) is 45.6 Å². The average Bonchev–Trinajstić information content (AvgIpc) is 2.17. The molecule has 86 valence electrons. The van der Waals surface area contributed by atoms with Crippen LogP contribution in [0.1, 0.15) is 39.5 Å². The molecule has 0 aliphatic rings. The highest BCUT2D eigenvalue weighted by Crippen LogP contribution is 1.92. The van der Waals surface area contributed by atoms with E-state index in [0.717, 1.165) is 12.8 Å². The molecule has 0 rings (SSSR count). The summed E-state index contributed by atoms with van der Waals surface area (Å²) in [5.74, 6) is -0.762. The minimum atomic E-state index is -0.762. The molecule has 4 nitrogen and oxygen atoms in total. The van der Waals surface area contributed by atoms with Gasteiger partial charge < -0.3 is 14.9 Å². The van der Waals surface area contributed by atoms with Crippen LogP contribution in [0.5, 0.6) is 0 Å². The second-order valence-electron chi connectivity index (χ2n) is 2.96. The Morgan fingerprint density at radius 3 is 2.07 bits per heavy atom. The highest BCUT2D eigenvalue weighted by molar-refractivity contribution is 5.66. The van der Waals surface area contributed by atoms with E-state index in [9.17, 15) is 4.79 Å². The van der Waals surface area contributed by atoms with Crippen LogP contribution >= 0.6 is 0 Å². The van der Waals surface area contributed by atoms with Gasteiger partial charge in [0.2, 0.25) is 0 Å². The predicted octanol–water partition coefficient (Wildman–Crippen LogP) is 1.66. The Labute approximate surface area is 85.9 Å². The summed E-state index contributed by atoms with van der Waals surface area (Å²) in [5.41, 5.74) is 0. The molecule has 0 spiro atoms. The molecule has 2 N–H and O–H groups in total. The summed E-state index contributed by atoms with van der Waals surface area (Å²) in [7, 11) is 1.56. The second-order valence-corrected chi connectivity index (χ2v) is 2.96. The lowest BCUT2D eigenvalue weighted by Gasteiger charge is -1.98. The first-order chi connectivity index (χ1) is 6.58. The fraction of sp³-hybridized carbons (Fsp3) is 0.900. The van der Waals surface area contributed by atoms with E-state index in [2.05, 4.69) is 4.74 Å². The van der Waals surface area contributed by atoms with E-state index in [4.69, 9.17) is 10.2 Å². The first-order valence-electron chi connectivity index (χ1n) is 4.97. The van der Waals surface area contributed by atoms with E-state index < -0.39 is 5.97 Å². The van der Waals surface area contributed by atoms with Crippen molar-refractivity contribution in [1.29, 1.82) is 0 Å². The van der Waals surface area contributed by atoms with Crippen molar-refractivity contribution in [3.8, 4) is 0 Å². The molecule has 0 heterocycles. The molecule has 0 aromatic carbocycles. The molecule has 14 heavy (non-hydrogen) atoms. The lowest BCUT2D eigenvalue weighted by molar-refractivity contribution is -0.137. The minimum absolute atomic E-state index is 0.0648. The van der Waals surface area contributed by atoms with Gasteiger partial charge in [-0.2, -0.15) is 0 Å². The molecular formula is C10H22O4. The van der Waals surface area contributed by atoms with Crippen LogP contribution in [0, 0.1) is 0 Å². The van der Waals surface area contributed by atoms with Crippen molar-refractivity contribution >= 4 is 5.97 Å². The number of rotatable bonds is 6. The molecule has 0 bridgehead atoms. The van der Waals surface area contributed by atoms with Crippen molar-refractivity contribution in [3.63, 3.8) is 0 Å². The standard InChI is InChI=1S/C5H10O3.C5H12O/c1-8-4-2-3-5(6)7;1-3-5(6)4-2/h2-4H2,1H3,(H,6,7);5-6H,3-4H2,1-2H3. The van der Waals surface area contributed by atoms with Gasteiger partial charge in [-0.3, -0.25) is 4.79 Å². The molecule has 0 aliphatic carbocycles. The van der Waals surface area contributed by atoms with E-state index in [1.165, 1.54) is 0 Å². The number of ether oxygens (including phenoxy) is 1. The normalized spacial score (nSPS) is 9.50. The van der Waals surface area contributed by atoms with Crippen molar-refractivity contribution < 1.29 is 19.7 Å². The third-order valence-corrected chi connectivity index (χ3v) is 1.68. The highest BCUT2D eigenvalue weighted by atomic mass is 16.5. The summed E-state index contributed by atoms with van der Waals surface area (Å²) in [6.07, 6.45) is 2.51. The molecule has 0 saturated carbocycles. The Kier molecular flexibility index (Phi) is 14.0. The average molecular weight is 206 g/mol. The number of aliphatic hydroxyl groups excluding tert-OH is 1. The summed E-state index contributed by atoms with van der Waals surface area (Å²) in [6, 6.07) is 0. The molecule has 0 aromatic rings. The van der Waals surface area contributed by atoms with Crippen LogP contribution in [0.2, 0.25) is 0 Å². The maximum Gasteiger partial charge on any atom is 0.303 e. The third kappa shape index (κ3) is 17.5. The van der Waals surface area contributed by atoms with E-state index in [0.29, 0.717) is 13.0 Å². The number of carboxylic acids is 1. The zero-order chi connectivity index (χ0) is 11.4. The summed E-state index contributed by atoms with van der Waals surface area (Å²) in [6.45, 7) is 4.49. The molecule has 0 aliphatic heterocycles. The Hall–Kier alpha value is -0.610. The molecule has 0 saturated heterocycles. The zero-order valence-corrected chi connectivity index (χ0v) is 9.32. The van der Waals surface area contributed by atoms with Gasteiger partial charge >= 0.3 is 5.97 Å². The van der Waals surface area contributed by atoms with Crippen LogP contribution < -0.4 is 0 Å². The van der Waals surface area contributed by atoms with Crippen molar-refractivity contribution in [2.75, 3.05) is 13.7 Å². The Bertz CT molecular complexity index is 121. The SMILES string of the molecule is CCC(O)CC.COCCCC(=O)O. The fourth-order valence-corrected chi connectivity index (χ4v) is 0.656. The molecule has 4 heteroatoms.